The number of carbonyl (C=O) groups excluding carboxylic acids is 1. The lowest BCUT2D eigenvalue weighted by molar-refractivity contribution is 0.103. The molecule has 2 aromatic carbocycles. The lowest BCUT2D eigenvalue weighted by Crippen LogP contribution is -2.02. The molecule has 0 amide bonds. The van der Waals surface area contributed by atoms with E-state index in [2.05, 4.69) is 15.9 Å². The first-order chi connectivity index (χ1) is 8.49. The van der Waals surface area contributed by atoms with Crippen LogP contribution in [0.4, 0.5) is 4.39 Å². The number of hydrogen-bond acceptors (Lipinski definition) is 1. The van der Waals surface area contributed by atoms with Crippen molar-refractivity contribution in [1.82, 2.24) is 0 Å². The molecule has 0 bridgehead atoms. The summed E-state index contributed by atoms with van der Waals surface area (Å²) in [5.41, 5.74) is 2.52. The van der Waals surface area contributed by atoms with Gasteiger partial charge in [-0.1, -0.05) is 40.2 Å². The van der Waals surface area contributed by atoms with Crippen LogP contribution in [0.15, 0.2) is 40.9 Å². The summed E-state index contributed by atoms with van der Waals surface area (Å²) < 4.78 is 14.3. The van der Waals surface area contributed by atoms with Crippen molar-refractivity contribution in [3.05, 3.63) is 68.9 Å². The summed E-state index contributed by atoms with van der Waals surface area (Å²) in [5.74, 6) is -0.526. The van der Waals surface area contributed by atoms with E-state index in [4.69, 9.17) is 0 Å². The van der Waals surface area contributed by atoms with E-state index in [-0.39, 0.29) is 11.6 Å². The van der Waals surface area contributed by atoms with Crippen molar-refractivity contribution < 1.29 is 9.18 Å². The molecule has 2 aromatic rings. The van der Waals surface area contributed by atoms with Crippen molar-refractivity contribution in [1.29, 1.82) is 0 Å². The Hall–Kier alpha value is -1.48. The average Bonchev–Trinajstić information content (AvgIpc) is 2.35. The molecule has 0 aliphatic carbocycles. The number of aryl methyl sites for hydroxylation is 2. The van der Waals surface area contributed by atoms with Gasteiger partial charge in [0.05, 0.1) is 0 Å². The molecule has 1 nitrogen and oxygen atoms in total. The third-order valence-electron chi connectivity index (χ3n) is 2.87. The molecule has 2 rings (SSSR count). The van der Waals surface area contributed by atoms with Crippen LogP contribution >= 0.6 is 15.9 Å². The lowest BCUT2D eigenvalue weighted by Gasteiger charge is -2.05. The number of benzene rings is 2. The molecule has 0 aromatic heterocycles. The van der Waals surface area contributed by atoms with Crippen LogP contribution in [-0.2, 0) is 0 Å². The van der Waals surface area contributed by atoms with Gasteiger partial charge in [-0.3, -0.25) is 4.79 Å². The van der Waals surface area contributed by atoms with E-state index >= 15 is 0 Å². The Morgan fingerprint density at radius 3 is 2.11 bits per heavy atom. The minimum atomic E-state index is -0.355. The molecule has 0 atom stereocenters. The largest absolute Gasteiger partial charge is 0.289 e. The molecule has 0 radical (unpaired) electrons. The highest BCUT2D eigenvalue weighted by atomic mass is 79.9. The minimum absolute atomic E-state index is 0.172. The number of carbonyl (C=O) groups is 1. The second-order valence-corrected chi connectivity index (χ2v) is 5.11. The summed E-state index contributed by atoms with van der Waals surface area (Å²) in [6.45, 7) is 3.62. The van der Waals surface area contributed by atoms with Gasteiger partial charge in [0.25, 0.3) is 0 Å². The molecule has 0 saturated heterocycles. The third kappa shape index (κ3) is 2.51. The molecule has 0 unspecified atom stereocenters. The van der Waals surface area contributed by atoms with Crippen molar-refractivity contribution in [3.8, 4) is 0 Å². The molecule has 0 heterocycles. The van der Waals surface area contributed by atoms with E-state index in [1.165, 1.54) is 6.07 Å². The Labute approximate surface area is 114 Å². The average molecular weight is 307 g/mol. The Bertz CT molecular complexity index is 566. The maximum atomic E-state index is 13.4. The van der Waals surface area contributed by atoms with Gasteiger partial charge in [0.2, 0.25) is 0 Å². The zero-order chi connectivity index (χ0) is 13.3. The van der Waals surface area contributed by atoms with Crippen LogP contribution in [0, 0.1) is 19.7 Å². The van der Waals surface area contributed by atoms with E-state index in [0.29, 0.717) is 16.7 Å². The van der Waals surface area contributed by atoms with Gasteiger partial charge in [-0.25, -0.2) is 4.39 Å². The van der Waals surface area contributed by atoms with E-state index in [1.54, 1.807) is 31.2 Å². The van der Waals surface area contributed by atoms with Gasteiger partial charge in [-0.2, -0.15) is 0 Å². The summed E-state index contributed by atoms with van der Waals surface area (Å²) in [7, 11) is 0. The predicted octanol–water partition coefficient (Wildman–Crippen LogP) is 4.44. The Morgan fingerprint density at radius 2 is 1.56 bits per heavy atom. The van der Waals surface area contributed by atoms with Crippen molar-refractivity contribution >= 4 is 21.7 Å². The van der Waals surface area contributed by atoms with E-state index in [9.17, 15) is 9.18 Å². The molecule has 0 saturated carbocycles. The fourth-order valence-corrected chi connectivity index (χ4v) is 2.01. The molecule has 0 aliphatic heterocycles. The van der Waals surface area contributed by atoms with Crippen LogP contribution in [0.25, 0.3) is 0 Å². The highest BCUT2D eigenvalue weighted by molar-refractivity contribution is 9.10. The fraction of sp³-hybridized carbons (Fsp3) is 0.133. The molecular weight excluding hydrogens is 295 g/mol. The fourth-order valence-electron chi connectivity index (χ4n) is 1.63. The SMILES string of the molecule is Cc1ccc(C(=O)c2ccc(C)c(Br)c2)cc1F. The normalized spacial score (nSPS) is 10.4. The molecular formula is C15H12BrFO. The van der Waals surface area contributed by atoms with Crippen molar-refractivity contribution in [3.63, 3.8) is 0 Å². The van der Waals surface area contributed by atoms with E-state index in [0.717, 1.165) is 10.0 Å². The summed E-state index contributed by atoms with van der Waals surface area (Å²) >= 11 is 3.39. The van der Waals surface area contributed by atoms with Crippen LogP contribution in [0.5, 0.6) is 0 Å². The van der Waals surface area contributed by atoms with Gasteiger partial charge in [-0.15, -0.1) is 0 Å². The quantitative estimate of drug-likeness (QED) is 0.750. The molecule has 92 valence electrons. The van der Waals surface area contributed by atoms with Crippen LogP contribution in [0.3, 0.4) is 0 Å². The van der Waals surface area contributed by atoms with Gasteiger partial charge < -0.3 is 0 Å². The summed E-state index contributed by atoms with van der Waals surface area (Å²) in [6.07, 6.45) is 0. The number of hydrogen-bond donors (Lipinski definition) is 0. The van der Waals surface area contributed by atoms with Crippen LogP contribution in [0.1, 0.15) is 27.0 Å². The zero-order valence-corrected chi connectivity index (χ0v) is 11.7. The molecule has 0 spiro atoms. The van der Waals surface area contributed by atoms with Crippen LogP contribution in [0.2, 0.25) is 0 Å². The van der Waals surface area contributed by atoms with Gasteiger partial charge >= 0.3 is 0 Å². The molecule has 0 fully saturated rings. The maximum absolute atomic E-state index is 13.4. The third-order valence-corrected chi connectivity index (χ3v) is 3.72. The maximum Gasteiger partial charge on any atom is 0.193 e. The topological polar surface area (TPSA) is 17.1 Å². The summed E-state index contributed by atoms with van der Waals surface area (Å²) in [5, 5.41) is 0. The zero-order valence-electron chi connectivity index (χ0n) is 10.1. The molecule has 0 aliphatic rings. The minimum Gasteiger partial charge on any atom is -0.289 e. The first-order valence-electron chi connectivity index (χ1n) is 5.56. The predicted molar refractivity (Wildman–Crippen MR) is 73.4 cm³/mol. The Kier molecular flexibility index (Phi) is 3.62. The van der Waals surface area contributed by atoms with E-state index in [1.807, 2.05) is 13.0 Å². The van der Waals surface area contributed by atoms with Crippen LogP contribution in [-0.4, -0.2) is 5.78 Å². The Balaban J connectivity index is 2.41. The van der Waals surface area contributed by atoms with E-state index < -0.39 is 0 Å². The Morgan fingerprint density at radius 1 is 1.00 bits per heavy atom. The van der Waals surface area contributed by atoms with Gasteiger partial charge in [0.15, 0.2) is 5.78 Å². The number of rotatable bonds is 2. The first kappa shape index (κ1) is 13.0. The highest BCUT2D eigenvalue weighted by Gasteiger charge is 2.11. The van der Waals surface area contributed by atoms with Gasteiger partial charge in [0, 0.05) is 15.6 Å². The first-order valence-corrected chi connectivity index (χ1v) is 6.35. The summed E-state index contributed by atoms with van der Waals surface area (Å²) in [4.78, 5) is 12.2. The summed E-state index contributed by atoms with van der Waals surface area (Å²) in [6, 6.07) is 9.92. The molecule has 0 N–H and O–H groups in total. The lowest BCUT2D eigenvalue weighted by atomic mass is 10.0. The second-order valence-electron chi connectivity index (χ2n) is 4.26. The number of ketones is 1. The van der Waals surface area contributed by atoms with Crippen molar-refractivity contribution in [2.24, 2.45) is 0 Å². The van der Waals surface area contributed by atoms with Gasteiger partial charge in [-0.05, 0) is 37.1 Å². The van der Waals surface area contributed by atoms with Crippen LogP contribution < -0.4 is 0 Å². The molecule has 3 heteroatoms. The second kappa shape index (κ2) is 5.02. The van der Waals surface area contributed by atoms with Crippen molar-refractivity contribution in [2.45, 2.75) is 13.8 Å². The number of halogens is 2. The van der Waals surface area contributed by atoms with Gasteiger partial charge in [0.1, 0.15) is 5.82 Å². The molecule has 18 heavy (non-hydrogen) atoms. The highest BCUT2D eigenvalue weighted by Crippen LogP contribution is 2.20. The standard InChI is InChI=1S/C15H12BrFO/c1-9-3-5-11(7-13(9)16)15(18)12-6-4-10(2)14(17)8-12/h3-8H,1-2H3. The monoisotopic (exact) mass is 306 g/mol. The smallest absolute Gasteiger partial charge is 0.193 e. The van der Waals surface area contributed by atoms with Crippen molar-refractivity contribution in [2.75, 3.05) is 0 Å².